The molecular weight excluding hydrogens is 366 g/mol. The van der Waals surface area contributed by atoms with Crippen molar-refractivity contribution in [2.45, 2.75) is 70.2 Å². The highest BCUT2D eigenvalue weighted by Gasteiger charge is 2.36. The number of hydrogen-bond donors (Lipinski definition) is 2. The predicted molar refractivity (Wildman–Crippen MR) is 115 cm³/mol. The molecule has 162 valence electrons. The number of alkyl carbamates (subject to hydrolysis) is 1. The Hall–Kier alpha value is -1.63. The molecule has 1 aliphatic heterocycles. The number of benzene rings is 1. The summed E-state index contributed by atoms with van der Waals surface area (Å²) in [6.07, 6.45) is 2.67. The third-order valence-electron chi connectivity index (χ3n) is 5.87. The summed E-state index contributed by atoms with van der Waals surface area (Å²) in [5, 5.41) is 14.0. The Morgan fingerprint density at radius 3 is 2.28 bits per heavy atom. The molecule has 1 heterocycles. The molecule has 2 fully saturated rings. The zero-order chi connectivity index (χ0) is 20.9. The number of piperazine rings is 1. The van der Waals surface area contributed by atoms with E-state index in [2.05, 4.69) is 45.4 Å². The Kier molecular flexibility index (Phi) is 7.19. The molecule has 2 aliphatic rings. The van der Waals surface area contributed by atoms with Gasteiger partial charge in [-0.2, -0.15) is 0 Å². The summed E-state index contributed by atoms with van der Waals surface area (Å²) >= 11 is 0. The minimum absolute atomic E-state index is 0.0906. The fraction of sp³-hybridized carbons (Fsp3) is 0.696. The first-order valence-corrected chi connectivity index (χ1v) is 10.9. The van der Waals surface area contributed by atoms with Crippen molar-refractivity contribution in [2.75, 3.05) is 32.7 Å². The molecule has 2 N–H and O–H groups in total. The highest BCUT2D eigenvalue weighted by Crippen LogP contribution is 2.30. The first-order valence-electron chi connectivity index (χ1n) is 10.9. The minimum Gasteiger partial charge on any atom is -0.444 e. The molecule has 29 heavy (non-hydrogen) atoms. The fourth-order valence-corrected chi connectivity index (χ4v) is 4.30. The maximum absolute atomic E-state index is 12.0. The van der Waals surface area contributed by atoms with Crippen molar-refractivity contribution in [3.63, 3.8) is 0 Å². The largest absolute Gasteiger partial charge is 0.444 e. The van der Waals surface area contributed by atoms with Crippen LogP contribution in [0.1, 0.15) is 52.0 Å². The number of nitrogens with one attached hydrogen (secondary N) is 1. The molecule has 0 radical (unpaired) electrons. The van der Waals surface area contributed by atoms with Gasteiger partial charge in [-0.1, -0.05) is 30.3 Å². The van der Waals surface area contributed by atoms with Gasteiger partial charge in [0.25, 0.3) is 0 Å². The number of carbonyl (C=O) groups excluding carboxylic acids is 1. The normalized spacial score (nSPS) is 26.8. The van der Waals surface area contributed by atoms with Crippen molar-refractivity contribution >= 4 is 6.09 Å². The lowest BCUT2D eigenvalue weighted by Crippen LogP contribution is -2.54. The van der Waals surface area contributed by atoms with E-state index in [0.29, 0.717) is 0 Å². The van der Waals surface area contributed by atoms with Crippen LogP contribution in [0.3, 0.4) is 0 Å². The van der Waals surface area contributed by atoms with E-state index >= 15 is 0 Å². The maximum atomic E-state index is 12.0. The van der Waals surface area contributed by atoms with Gasteiger partial charge in [0.1, 0.15) is 5.60 Å². The van der Waals surface area contributed by atoms with Gasteiger partial charge in [-0.25, -0.2) is 4.79 Å². The molecule has 6 nitrogen and oxygen atoms in total. The molecule has 1 saturated carbocycles. The third-order valence-corrected chi connectivity index (χ3v) is 5.87. The van der Waals surface area contributed by atoms with Gasteiger partial charge in [-0.15, -0.1) is 0 Å². The number of carbonyl (C=O) groups is 1. The molecule has 0 unspecified atom stereocenters. The van der Waals surface area contributed by atoms with Crippen LogP contribution in [-0.4, -0.2) is 71.0 Å². The molecule has 0 atom stereocenters. The summed E-state index contributed by atoms with van der Waals surface area (Å²) < 4.78 is 5.34. The SMILES string of the molecule is CC(C)(C)OC(=O)NC1CCC(O)(CN2CCN(Cc3ccccc3)CC2)CC1. The van der Waals surface area contributed by atoms with E-state index in [9.17, 15) is 9.90 Å². The first-order chi connectivity index (χ1) is 13.7. The predicted octanol–water partition coefficient (Wildman–Crippen LogP) is 3.00. The lowest BCUT2D eigenvalue weighted by Gasteiger charge is -2.42. The topological polar surface area (TPSA) is 65.0 Å². The van der Waals surface area contributed by atoms with E-state index in [4.69, 9.17) is 4.74 Å². The number of amides is 1. The van der Waals surface area contributed by atoms with Crippen molar-refractivity contribution in [1.29, 1.82) is 0 Å². The molecule has 0 bridgehead atoms. The molecule has 6 heteroatoms. The molecule has 1 aliphatic carbocycles. The van der Waals surface area contributed by atoms with Gasteiger partial charge >= 0.3 is 6.09 Å². The number of rotatable bonds is 5. The van der Waals surface area contributed by atoms with E-state index in [1.165, 1.54) is 5.56 Å². The second kappa shape index (κ2) is 9.45. The number of aliphatic hydroxyl groups is 1. The van der Waals surface area contributed by atoms with Crippen LogP contribution >= 0.6 is 0 Å². The molecule has 1 aromatic carbocycles. The van der Waals surface area contributed by atoms with Crippen molar-refractivity contribution < 1.29 is 14.6 Å². The van der Waals surface area contributed by atoms with Crippen LogP contribution in [0.25, 0.3) is 0 Å². The molecule has 0 aromatic heterocycles. The monoisotopic (exact) mass is 403 g/mol. The molecule has 1 amide bonds. The quantitative estimate of drug-likeness (QED) is 0.791. The van der Waals surface area contributed by atoms with Crippen LogP contribution in [0, 0.1) is 0 Å². The summed E-state index contributed by atoms with van der Waals surface area (Å²) in [5.41, 5.74) is 0.228. The highest BCUT2D eigenvalue weighted by atomic mass is 16.6. The number of β-amino-alcohol motifs (C(OH)–C–C–N with tert-alkyl or cyclic N) is 1. The Morgan fingerprint density at radius 2 is 1.69 bits per heavy atom. The molecule has 0 spiro atoms. The molecular formula is C23H37N3O3. The average Bonchev–Trinajstić information content (AvgIpc) is 2.65. The lowest BCUT2D eigenvalue weighted by molar-refractivity contribution is -0.0418. The van der Waals surface area contributed by atoms with Crippen LogP contribution in [0.2, 0.25) is 0 Å². The third kappa shape index (κ3) is 7.28. The Bertz CT molecular complexity index is 643. The smallest absolute Gasteiger partial charge is 0.407 e. The fourth-order valence-electron chi connectivity index (χ4n) is 4.30. The Morgan fingerprint density at radius 1 is 1.10 bits per heavy atom. The standard InChI is InChI=1S/C23H37N3O3/c1-22(2,3)29-21(27)24-20-9-11-23(28,12-10-20)18-26-15-13-25(14-16-26)17-19-7-5-4-6-8-19/h4-8,20,28H,9-18H2,1-3H3,(H,24,27). The van der Waals surface area contributed by atoms with Crippen molar-refractivity contribution in [1.82, 2.24) is 15.1 Å². The van der Waals surface area contributed by atoms with Crippen molar-refractivity contribution in [3.05, 3.63) is 35.9 Å². The van der Waals surface area contributed by atoms with Gasteiger partial charge in [-0.05, 0) is 52.0 Å². The summed E-state index contributed by atoms with van der Waals surface area (Å²) in [6, 6.07) is 10.7. The van der Waals surface area contributed by atoms with Gasteiger partial charge < -0.3 is 15.2 Å². The van der Waals surface area contributed by atoms with Crippen molar-refractivity contribution in [3.8, 4) is 0 Å². The number of nitrogens with zero attached hydrogens (tertiary/aromatic N) is 2. The second-order valence-electron chi connectivity index (χ2n) is 9.68. The van der Waals surface area contributed by atoms with E-state index < -0.39 is 11.2 Å². The minimum atomic E-state index is -0.645. The van der Waals surface area contributed by atoms with Crippen LogP contribution in [0.4, 0.5) is 4.79 Å². The van der Waals surface area contributed by atoms with Gasteiger partial charge in [-0.3, -0.25) is 9.80 Å². The summed E-state index contributed by atoms with van der Waals surface area (Å²) in [5.74, 6) is 0. The van der Waals surface area contributed by atoms with Crippen molar-refractivity contribution in [2.24, 2.45) is 0 Å². The zero-order valence-corrected chi connectivity index (χ0v) is 18.2. The summed E-state index contributed by atoms with van der Waals surface area (Å²) in [4.78, 5) is 16.8. The summed E-state index contributed by atoms with van der Waals surface area (Å²) in [7, 11) is 0. The van der Waals surface area contributed by atoms with Crippen LogP contribution in [0.5, 0.6) is 0 Å². The van der Waals surface area contributed by atoms with E-state index in [1.54, 1.807) is 0 Å². The molecule has 3 rings (SSSR count). The van der Waals surface area contributed by atoms with Gasteiger partial charge in [0.15, 0.2) is 0 Å². The van der Waals surface area contributed by atoms with Crippen LogP contribution in [-0.2, 0) is 11.3 Å². The van der Waals surface area contributed by atoms with E-state index in [1.807, 2.05) is 20.8 Å². The Balaban J connectivity index is 1.37. The first kappa shape index (κ1) is 22.1. The summed E-state index contributed by atoms with van der Waals surface area (Å²) in [6.45, 7) is 11.4. The van der Waals surface area contributed by atoms with Gasteiger partial charge in [0, 0.05) is 45.3 Å². The highest BCUT2D eigenvalue weighted by molar-refractivity contribution is 5.68. The molecule has 1 saturated heterocycles. The van der Waals surface area contributed by atoms with Crippen LogP contribution in [0.15, 0.2) is 30.3 Å². The maximum Gasteiger partial charge on any atom is 0.407 e. The lowest BCUT2D eigenvalue weighted by atomic mass is 9.81. The molecule has 1 aromatic rings. The van der Waals surface area contributed by atoms with E-state index in [-0.39, 0.29) is 12.1 Å². The number of ether oxygens (including phenoxy) is 1. The average molecular weight is 404 g/mol. The second-order valence-corrected chi connectivity index (χ2v) is 9.68. The van der Waals surface area contributed by atoms with Gasteiger partial charge in [0.2, 0.25) is 0 Å². The zero-order valence-electron chi connectivity index (χ0n) is 18.2. The Labute approximate surface area is 175 Å². The number of hydrogen-bond acceptors (Lipinski definition) is 5. The van der Waals surface area contributed by atoms with E-state index in [0.717, 1.165) is 65.0 Å². The van der Waals surface area contributed by atoms with Crippen LogP contribution < -0.4 is 5.32 Å². The van der Waals surface area contributed by atoms with Gasteiger partial charge in [0.05, 0.1) is 5.60 Å².